The summed E-state index contributed by atoms with van der Waals surface area (Å²) in [6.07, 6.45) is 0.121. The summed E-state index contributed by atoms with van der Waals surface area (Å²) in [5.41, 5.74) is 0.653. The monoisotopic (exact) mass is 400 g/mol. The number of likely N-dealkylation sites (tertiary alicyclic amines) is 1. The van der Waals surface area contributed by atoms with Crippen LogP contribution in [0.3, 0.4) is 0 Å². The van der Waals surface area contributed by atoms with E-state index >= 15 is 0 Å². The quantitative estimate of drug-likeness (QED) is 0.724. The van der Waals surface area contributed by atoms with E-state index < -0.39 is 6.10 Å². The fourth-order valence-corrected chi connectivity index (χ4v) is 3.90. The Morgan fingerprint density at radius 1 is 1.07 bits per heavy atom. The van der Waals surface area contributed by atoms with E-state index in [0.717, 1.165) is 0 Å². The van der Waals surface area contributed by atoms with Gasteiger partial charge < -0.3 is 14.5 Å². The maximum Gasteiger partial charge on any atom is 0.310 e. The van der Waals surface area contributed by atoms with Crippen molar-refractivity contribution in [2.75, 3.05) is 27.2 Å². The summed E-state index contributed by atoms with van der Waals surface area (Å²) in [5, 5.41) is 1.88. The number of ether oxygens (including phenoxy) is 1. The molecule has 0 saturated carbocycles. The first-order chi connectivity index (χ1) is 13.5. The average Bonchev–Trinajstić information content (AvgIpc) is 3.26. The van der Waals surface area contributed by atoms with E-state index in [2.05, 4.69) is 0 Å². The molecule has 6 nitrogen and oxygen atoms in total. The molecule has 1 aliphatic heterocycles. The molecule has 0 spiro atoms. The smallest absolute Gasteiger partial charge is 0.310 e. The number of likely N-dealkylation sites (N-methyl/N-ethyl adjacent to an activating group) is 1. The molecule has 0 N–H and O–H groups in total. The zero-order valence-electron chi connectivity index (χ0n) is 16.0. The van der Waals surface area contributed by atoms with Crippen LogP contribution in [0.4, 0.5) is 0 Å². The minimum absolute atomic E-state index is 0.00626. The number of esters is 1. The summed E-state index contributed by atoms with van der Waals surface area (Å²) in [6.45, 7) is 1.02. The number of hydrogen-bond donors (Lipinski definition) is 0. The van der Waals surface area contributed by atoms with Gasteiger partial charge in [-0.1, -0.05) is 36.4 Å². The van der Waals surface area contributed by atoms with Crippen molar-refractivity contribution in [3.63, 3.8) is 0 Å². The van der Waals surface area contributed by atoms with E-state index in [1.54, 1.807) is 31.1 Å². The zero-order chi connectivity index (χ0) is 20.1. The first kappa shape index (κ1) is 20.1. The van der Waals surface area contributed by atoms with E-state index in [1.165, 1.54) is 16.2 Å². The van der Waals surface area contributed by atoms with Crippen molar-refractivity contribution in [1.82, 2.24) is 9.80 Å². The van der Waals surface area contributed by atoms with Crippen molar-refractivity contribution in [2.24, 2.45) is 5.92 Å². The standard InChI is InChI=1S/C21H24N2O4S/c1-22(2)20(25)18(15-7-4-3-5-8-15)27-21(26)16-10-12-23(13-11-16)19(24)17-9-6-14-28-17/h3-9,14,16,18H,10-13H2,1-2H3/t18-/m1/s1. The normalized spacial score (nSPS) is 15.7. The zero-order valence-corrected chi connectivity index (χ0v) is 16.9. The number of rotatable bonds is 5. The first-order valence-corrected chi connectivity index (χ1v) is 10.1. The molecule has 2 aromatic rings. The highest BCUT2D eigenvalue weighted by Gasteiger charge is 2.33. The number of piperidine rings is 1. The number of thiophene rings is 1. The van der Waals surface area contributed by atoms with E-state index in [1.807, 2.05) is 35.7 Å². The Labute approximate surface area is 168 Å². The number of nitrogens with zero attached hydrogens (tertiary/aromatic N) is 2. The van der Waals surface area contributed by atoms with Crippen molar-refractivity contribution < 1.29 is 19.1 Å². The van der Waals surface area contributed by atoms with Gasteiger partial charge in [-0.3, -0.25) is 14.4 Å². The number of carbonyl (C=O) groups is 3. The molecule has 2 amide bonds. The lowest BCUT2D eigenvalue weighted by molar-refractivity contribution is -0.164. The Bertz CT molecular complexity index is 812. The van der Waals surface area contributed by atoms with Gasteiger partial charge in [-0.25, -0.2) is 0 Å². The van der Waals surface area contributed by atoms with Gasteiger partial charge in [0.15, 0.2) is 0 Å². The average molecular weight is 401 g/mol. The molecule has 3 rings (SSSR count). The molecular weight excluding hydrogens is 376 g/mol. The van der Waals surface area contributed by atoms with E-state index in [9.17, 15) is 14.4 Å². The third-order valence-electron chi connectivity index (χ3n) is 4.85. The topological polar surface area (TPSA) is 66.9 Å². The Morgan fingerprint density at radius 2 is 1.75 bits per heavy atom. The minimum atomic E-state index is -0.950. The van der Waals surface area contributed by atoms with Crippen molar-refractivity contribution >= 4 is 29.1 Å². The third kappa shape index (κ3) is 4.59. The van der Waals surface area contributed by atoms with Gasteiger partial charge in [-0.2, -0.15) is 0 Å². The summed E-state index contributed by atoms with van der Waals surface area (Å²) in [6, 6.07) is 12.7. The molecule has 0 bridgehead atoms. The first-order valence-electron chi connectivity index (χ1n) is 9.26. The summed E-state index contributed by atoms with van der Waals surface area (Å²) in [4.78, 5) is 41.6. The fourth-order valence-electron chi connectivity index (χ4n) is 3.21. The van der Waals surface area contributed by atoms with Gasteiger partial charge in [0.25, 0.3) is 11.8 Å². The highest BCUT2D eigenvalue weighted by molar-refractivity contribution is 7.12. The van der Waals surface area contributed by atoms with Crippen LogP contribution in [0.25, 0.3) is 0 Å². The molecule has 7 heteroatoms. The summed E-state index contributed by atoms with van der Waals surface area (Å²) >= 11 is 1.42. The number of amides is 2. The summed E-state index contributed by atoms with van der Waals surface area (Å²) in [5.74, 6) is -0.961. The molecule has 2 heterocycles. The van der Waals surface area contributed by atoms with Crippen molar-refractivity contribution in [2.45, 2.75) is 18.9 Å². The second-order valence-corrected chi connectivity index (χ2v) is 7.95. The fraction of sp³-hybridized carbons (Fsp3) is 0.381. The van der Waals surface area contributed by atoms with Crippen LogP contribution in [0.1, 0.15) is 34.2 Å². The van der Waals surface area contributed by atoms with Crippen molar-refractivity contribution in [3.05, 3.63) is 58.3 Å². The number of carbonyl (C=O) groups excluding carboxylic acids is 3. The van der Waals surface area contributed by atoms with Crippen LogP contribution in [0.15, 0.2) is 47.8 Å². The van der Waals surface area contributed by atoms with E-state index in [4.69, 9.17) is 4.74 Å². The Hall–Kier alpha value is -2.67. The molecule has 1 aromatic carbocycles. The maximum absolute atomic E-state index is 12.7. The molecule has 0 aliphatic carbocycles. The van der Waals surface area contributed by atoms with E-state index in [0.29, 0.717) is 36.4 Å². The van der Waals surface area contributed by atoms with Crippen LogP contribution >= 0.6 is 11.3 Å². The molecule has 1 fully saturated rings. The second-order valence-electron chi connectivity index (χ2n) is 7.00. The maximum atomic E-state index is 12.7. The number of benzene rings is 1. The van der Waals surface area contributed by atoms with Crippen LogP contribution < -0.4 is 0 Å². The predicted octanol–water partition coefficient (Wildman–Crippen LogP) is 2.97. The van der Waals surface area contributed by atoms with Gasteiger partial charge in [-0.05, 0) is 24.3 Å². The SMILES string of the molecule is CN(C)C(=O)[C@H](OC(=O)C1CCN(C(=O)c2cccs2)CC1)c1ccccc1. The van der Waals surface area contributed by atoms with Gasteiger partial charge in [0, 0.05) is 32.7 Å². The van der Waals surface area contributed by atoms with E-state index in [-0.39, 0.29) is 23.7 Å². The lowest BCUT2D eigenvalue weighted by Gasteiger charge is -2.31. The van der Waals surface area contributed by atoms with Gasteiger partial charge in [0.2, 0.25) is 6.10 Å². The number of hydrogen-bond acceptors (Lipinski definition) is 5. The van der Waals surface area contributed by atoms with Crippen LogP contribution in [-0.4, -0.2) is 54.8 Å². The Morgan fingerprint density at radius 3 is 2.32 bits per heavy atom. The molecular formula is C21H24N2O4S. The highest BCUT2D eigenvalue weighted by Crippen LogP contribution is 2.26. The summed E-state index contributed by atoms with van der Waals surface area (Å²) < 4.78 is 5.64. The van der Waals surface area contributed by atoms with Gasteiger partial charge in [-0.15, -0.1) is 11.3 Å². The molecule has 148 valence electrons. The van der Waals surface area contributed by atoms with Crippen molar-refractivity contribution in [3.8, 4) is 0 Å². The molecule has 1 atom stereocenters. The molecule has 1 aliphatic rings. The molecule has 28 heavy (non-hydrogen) atoms. The van der Waals surface area contributed by atoms with Gasteiger partial charge >= 0.3 is 5.97 Å². The van der Waals surface area contributed by atoms with Crippen LogP contribution in [0.5, 0.6) is 0 Å². The third-order valence-corrected chi connectivity index (χ3v) is 5.71. The van der Waals surface area contributed by atoms with Crippen LogP contribution in [0.2, 0.25) is 0 Å². The summed E-state index contributed by atoms with van der Waals surface area (Å²) in [7, 11) is 3.28. The Balaban J connectivity index is 1.62. The Kier molecular flexibility index (Phi) is 6.46. The predicted molar refractivity (Wildman–Crippen MR) is 107 cm³/mol. The van der Waals surface area contributed by atoms with Crippen molar-refractivity contribution in [1.29, 1.82) is 0 Å². The van der Waals surface area contributed by atoms with Crippen LogP contribution in [0, 0.1) is 5.92 Å². The second kappa shape index (κ2) is 9.01. The molecule has 0 unspecified atom stereocenters. The van der Waals surface area contributed by atoms with Gasteiger partial charge in [0.1, 0.15) is 0 Å². The lowest BCUT2D eigenvalue weighted by atomic mass is 9.96. The van der Waals surface area contributed by atoms with Gasteiger partial charge in [0.05, 0.1) is 10.8 Å². The lowest BCUT2D eigenvalue weighted by Crippen LogP contribution is -2.41. The molecule has 0 radical (unpaired) electrons. The highest BCUT2D eigenvalue weighted by atomic mass is 32.1. The molecule has 1 aromatic heterocycles. The molecule has 1 saturated heterocycles. The van der Waals surface area contributed by atoms with Crippen LogP contribution in [-0.2, 0) is 14.3 Å². The minimum Gasteiger partial charge on any atom is -0.447 e. The largest absolute Gasteiger partial charge is 0.447 e.